The third-order valence-electron chi connectivity index (χ3n) is 4.63. The molecule has 3 aromatic rings. The lowest BCUT2D eigenvalue weighted by Gasteiger charge is -2.20. The van der Waals surface area contributed by atoms with Gasteiger partial charge < -0.3 is 10.1 Å². The van der Waals surface area contributed by atoms with E-state index >= 15 is 0 Å². The Morgan fingerprint density at radius 1 is 0.962 bits per heavy atom. The SMILES string of the molecule is CCC(Oc1cccc2ccccc12)C(=O)NCC(C)c1ccccc1. The van der Waals surface area contributed by atoms with Crippen molar-refractivity contribution in [1.82, 2.24) is 5.32 Å². The van der Waals surface area contributed by atoms with Crippen LogP contribution in [0, 0.1) is 0 Å². The van der Waals surface area contributed by atoms with Gasteiger partial charge in [0.2, 0.25) is 0 Å². The number of amides is 1. The van der Waals surface area contributed by atoms with E-state index in [9.17, 15) is 4.79 Å². The Balaban J connectivity index is 1.65. The molecule has 0 saturated carbocycles. The zero-order valence-electron chi connectivity index (χ0n) is 15.3. The molecule has 1 amide bonds. The standard InChI is InChI=1S/C23H25NO2/c1-3-21(23(25)24-16-17(2)18-10-5-4-6-11-18)26-22-15-9-13-19-12-7-8-14-20(19)22/h4-15,17,21H,3,16H2,1-2H3,(H,24,25). The second-order valence-corrected chi connectivity index (χ2v) is 6.55. The number of carbonyl (C=O) groups excluding carboxylic acids is 1. The summed E-state index contributed by atoms with van der Waals surface area (Å²) in [6.45, 7) is 4.68. The lowest BCUT2D eigenvalue weighted by Crippen LogP contribution is -2.39. The second kappa shape index (κ2) is 8.52. The van der Waals surface area contributed by atoms with E-state index in [1.165, 1.54) is 5.56 Å². The number of nitrogens with one attached hydrogen (secondary N) is 1. The number of ether oxygens (including phenoxy) is 1. The molecule has 3 nitrogen and oxygen atoms in total. The zero-order chi connectivity index (χ0) is 18.4. The van der Waals surface area contributed by atoms with Gasteiger partial charge in [-0.2, -0.15) is 0 Å². The van der Waals surface area contributed by atoms with Crippen LogP contribution < -0.4 is 10.1 Å². The van der Waals surface area contributed by atoms with Crippen LogP contribution in [0.5, 0.6) is 5.75 Å². The van der Waals surface area contributed by atoms with E-state index in [2.05, 4.69) is 24.4 Å². The fourth-order valence-electron chi connectivity index (χ4n) is 3.04. The van der Waals surface area contributed by atoms with E-state index < -0.39 is 6.10 Å². The average Bonchev–Trinajstić information content (AvgIpc) is 2.70. The van der Waals surface area contributed by atoms with Crippen molar-refractivity contribution in [2.45, 2.75) is 32.3 Å². The normalized spacial score (nSPS) is 13.2. The molecule has 0 aliphatic rings. The molecular formula is C23H25NO2. The van der Waals surface area contributed by atoms with Crippen LogP contribution in [0.4, 0.5) is 0 Å². The number of hydrogen-bond acceptors (Lipinski definition) is 2. The third-order valence-corrected chi connectivity index (χ3v) is 4.63. The lowest BCUT2D eigenvalue weighted by atomic mass is 10.0. The lowest BCUT2D eigenvalue weighted by molar-refractivity contribution is -0.128. The first kappa shape index (κ1) is 18.0. The van der Waals surface area contributed by atoms with E-state index in [-0.39, 0.29) is 11.8 Å². The molecule has 26 heavy (non-hydrogen) atoms. The van der Waals surface area contributed by atoms with Gasteiger partial charge in [-0.3, -0.25) is 4.79 Å². The molecule has 3 aromatic carbocycles. The van der Waals surface area contributed by atoms with E-state index in [0.717, 1.165) is 16.5 Å². The summed E-state index contributed by atoms with van der Waals surface area (Å²) in [5, 5.41) is 5.17. The van der Waals surface area contributed by atoms with Gasteiger partial charge in [0.1, 0.15) is 5.75 Å². The molecule has 2 atom stereocenters. The summed E-state index contributed by atoms with van der Waals surface area (Å²) in [5.41, 5.74) is 1.22. The Morgan fingerprint density at radius 2 is 1.65 bits per heavy atom. The van der Waals surface area contributed by atoms with Gasteiger partial charge >= 0.3 is 0 Å². The molecule has 3 rings (SSSR count). The highest BCUT2D eigenvalue weighted by Gasteiger charge is 2.20. The zero-order valence-corrected chi connectivity index (χ0v) is 15.3. The van der Waals surface area contributed by atoms with Crippen molar-refractivity contribution < 1.29 is 9.53 Å². The van der Waals surface area contributed by atoms with Crippen molar-refractivity contribution in [3.8, 4) is 5.75 Å². The van der Waals surface area contributed by atoms with Crippen molar-refractivity contribution in [3.63, 3.8) is 0 Å². The molecule has 0 bridgehead atoms. The highest BCUT2D eigenvalue weighted by molar-refractivity contribution is 5.89. The molecule has 0 heterocycles. The van der Waals surface area contributed by atoms with Crippen LogP contribution in [-0.2, 0) is 4.79 Å². The second-order valence-electron chi connectivity index (χ2n) is 6.55. The predicted octanol–water partition coefficient (Wildman–Crippen LogP) is 4.92. The number of hydrogen-bond donors (Lipinski definition) is 1. The first-order chi connectivity index (χ1) is 12.7. The summed E-state index contributed by atoms with van der Waals surface area (Å²) in [4.78, 5) is 12.6. The molecule has 0 aromatic heterocycles. The number of rotatable bonds is 7. The van der Waals surface area contributed by atoms with Crippen molar-refractivity contribution in [2.75, 3.05) is 6.54 Å². The van der Waals surface area contributed by atoms with Crippen molar-refractivity contribution in [2.24, 2.45) is 0 Å². The minimum atomic E-state index is -0.497. The number of fused-ring (bicyclic) bond motifs is 1. The van der Waals surface area contributed by atoms with Gasteiger partial charge in [0.15, 0.2) is 6.10 Å². The Kier molecular flexibility index (Phi) is 5.90. The minimum Gasteiger partial charge on any atom is -0.480 e. The fraction of sp³-hybridized carbons (Fsp3) is 0.261. The van der Waals surface area contributed by atoms with Gasteiger partial charge in [0, 0.05) is 11.9 Å². The summed E-state index contributed by atoms with van der Waals surface area (Å²) in [6.07, 6.45) is 0.123. The molecule has 3 heteroatoms. The highest BCUT2D eigenvalue weighted by atomic mass is 16.5. The minimum absolute atomic E-state index is 0.0665. The van der Waals surface area contributed by atoms with Gasteiger partial charge in [-0.05, 0) is 29.4 Å². The van der Waals surface area contributed by atoms with Crippen LogP contribution in [0.25, 0.3) is 10.8 Å². The van der Waals surface area contributed by atoms with Crippen LogP contribution in [0.1, 0.15) is 31.7 Å². The Morgan fingerprint density at radius 3 is 2.42 bits per heavy atom. The number of carbonyl (C=O) groups is 1. The molecule has 0 radical (unpaired) electrons. The Hall–Kier alpha value is -2.81. The van der Waals surface area contributed by atoms with Crippen LogP contribution in [-0.4, -0.2) is 18.6 Å². The molecule has 134 valence electrons. The first-order valence-corrected chi connectivity index (χ1v) is 9.16. The predicted molar refractivity (Wildman–Crippen MR) is 107 cm³/mol. The molecule has 0 fully saturated rings. The van der Waals surface area contributed by atoms with E-state index in [1.807, 2.05) is 67.6 Å². The molecule has 2 unspecified atom stereocenters. The van der Waals surface area contributed by atoms with Gasteiger partial charge in [-0.1, -0.05) is 80.6 Å². The van der Waals surface area contributed by atoms with Crippen LogP contribution in [0.3, 0.4) is 0 Å². The van der Waals surface area contributed by atoms with E-state index in [4.69, 9.17) is 4.74 Å². The van der Waals surface area contributed by atoms with Gasteiger partial charge in [-0.15, -0.1) is 0 Å². The molecular weight excluding hydrogens is 322 g/mol. The van der Waals surface area contributed by atoms with Crippen molar-refractivity contribution >= 4 is 16.7 Å². The van der Waals surface area contributed by atoms with Crippen LogP contribution >= 0.6 is 0 Å². The van der Waals surface area contributed by atoms with Gasteiger partial charge in [-0.25, -0.2) is 0 Å². The first-order valence-electron chi connectivity index (χ1n) is 9.16. The highest BCUT2D eigenvalue weighted by Crippen LogP contribution is 2.26. The molecule has 1 N–H and O–H groups in total. The maximum Gasteiger partial charge on any atom is 0.261 e. The fourth-order valence-corrected chi connectivity index (χ4v) is 3.04. The van der Waals surface area contributed by atoms with E-state index in [0.29, 0.717) is 13.0 Å². The summed E-state index contributed by atoms with van der Waals surface area (Å²) in [7, 11) is 0. The smallest absolute Gasteiger partial charge is 0.261 e. The Labute approximate surface area is 155 Å². The van der Waals surface area contributed by atoms with Crippen LogP contribution in [0.15, 0.2) is 72.8 Å². The third kappa shape index (κ3) is 4.23. The monoisotopic (exact) mass is 347 g/mol. The van der Waals surface area contributed by atoms with Gasteiger partial charge in [0.25, 0.3) is 5.91 Å². The molecule has 0 aliphatic carbocycles. The average molecular weight is 347 g/mol. The maximum absolute atomic E-state index is 12.6. The van der Waals surface area contributed by atoms with Crippen LogP contribution in [0.2, 0.25) is 0 Å². The Bertz CT molecular complexity index is 855. The quantitative estimate of drug-likeness (QED) is 0.659. The van der Waals surface area contributed by atoms with E-state index in [1.54, 1.807) is 0 Å². The summed E-state index contributed by atoms with van der Waals surface area (Å²) in [6, 6.07) is 24.2. The molecule has 0 aliphatic heterocycles. The topological polar surface area (TPSA) is 38.3 Å². The largest absolute Gasteiger partial charge is 0.480 e. The maximum atomic E-state index is 12.6. The number of benzene rings is 3. The summed E-state index contributed by atoms with van der Waals surface area (Å²) < 4.78 is 6.06. The summed E-state index contributed by atoms with van der Waals surface area (Å²) >= 11 is 0. The molecule has 0 spiro atoms. The summed E-state index contributed by atoms with van der Waals surface area (Å²) in [5.74, 6) is 0.944. The van der Waals surface area contributed by atoms with Crippen molar-refractivity contribution in [3.05, 3.63) is 78.4 Å². The van der Waals surface area contributed by atoms with Gasteiger partial charge in [0.05, 0.1) is 0 Å². The molecule has 0 saturated heterocycles. The van der Waals surface area contributed by atoms with Crippen molar-refractivity contribution in [1.29, 1.82) is 0 Å².